The van der Waals surface area contributed by atoms with E-state index in [1.165, 1.54) is 0 Å². The van der Waals surface area contributed by atoms with Gasteiger partial charge < -0.3 is 0 Å². The predicted molar refractivity (Wildman–Crippen MR) is 48.6 cm³/mol. The molecule has 11 heavy (non-hydrogen) atoms. The second-order valence-corrected chi connectivity index (χ2v) is 3.67. The quantitative estimate of drug-likeness (QED) is 0.405. The molecule has 0 aromatic carbocycles. The average molecular weight is 270 g/mol. The van der Waals surface area contributed by atoms with Crippen molar-refractivity contribution in [1.82, 2.24) is 0 Å². The Hall–Kier alpha value is 0.0649. The molecule has 1 rings (SSSR count). The summed E-state index contributed by atoms with van der Waals surface area (Å²) in [7, 11) is 0.592. The van der Waals surface area contributed by atoms with Gasteiger partial charge in [0, 0.05) is 5.82 Å². The number of carbonyl (C=O) groups excluding carboxylic acids is 1. The Morgan fingerprint density at radius 3 is 2.55 bits per heavy atom. The third kappa shape index (κ3) is 2.25. The Morgan fingerprint density at radius 1 is 1.64 bits per heavy atom. The van der Waals surface area contributed by atoms with Gasteiger partial charge in [0.15, 0.2) is 3.79 Å². The number of hydrogen-bond donors (Lipinski definition) is 0. The van der Waals surface area contributed by atoms with Crippen LogP contribution >= 0.6 is 22.6 Å². The molecule has 0 unspecified atom stereocenters. The summed E-state index contributed by atoms with van der Waals surface area (Å²) in [5.74, 6) is -0.160. The maximum Gasteiger partial charge on any atom is 0.268 e. The highest BCUT2D eigenvalue weighted by Crippen LogP contribution is 2.34. The van der Waals surface area contributed by atoms with Gasteiger partial charge in [-0.15, -0.1) is 0 Å². The maximum atomic E-state index is 11.9. The zero-order valence-electron chi connectivity index (χ0n) is 5.74. The molecular formula is C6H6BF2IO. The van der Waals surface area contributed by atoms with Crippen LogP contribution in [0.25, 0.3) is 0 Å². The van der Waals surface area contributed by atoms with Crippen LogP contribution in [-0.2, 0) is 4.79 Å². The van der Waals surface area contributed by atoms with Crippen LogP contribution in [0, 0.1) is 0 Å². The number of allylic oxidation sites excluding steroid dienone is 1. The monoisotopic (exact) mass is 270 g/mol. The van der Waals surface area contributed by atoms with Gasteiger partial charge in [0.05, 0.1) is 0 Å². The first-order chi connectivity index (χ1) is 5.11. The van der Waals surface area contributed by atoms with Crippen molar-refractivity contribution in [3.63, 3.8) is 0 Å². The van der Waals surface area contributed by atoms with Crippen LogP contribution in [0.1, 0.15) is 6.42 Å². The van der Waals surface area contributed by atoms with Crippen LogP contribution in [0.4, 0.5) is 8.78 Å². The van der Waals surface area contributed by atoms with Crippen molar-refractivity contribution in [2.75, 3.05) is 0 Å². The van der Waals surface area contributed by atoms with Gasteiger partial charge in [-0.3, -0.25) is 4.79 Å². The largest absolute Gasteiger partial charge is 0.288 e. The SMILES string of the molecule is O=C(I)[C@H]1BCC(=C(F)F)C1. The lowest BCUT2D eigenvalue weighted by Crippen LogP contribution is -2.01. The highest BCUT2D eigenvalue weighted by atomic mass is 127. The summed E-state index contributed by atoms with van der Waals surface area (Å²) in [5.41, 5.74) is 0.167. The fraction of sp³-hybridized carbons (Fsp3) is 0.500. The minimum atomic E-state index is -1.59. The molecule has 0 aliphatic carbocycles. The molecule has 1 nitrogen and oxygen atoms in total. The molecule has 0 amide bonds. The average Bonchev–Trinajstić information content (AvgIpc) is 2.33. The molecule has 1 aliphatic heterocycles. The van der Waals surface area contributed by atoms with Crippen molar-refractivity contribution in [2.45, 2.75) is 18.6 Å². The molecule has 1 heterocycles. The second-order valence-electron chi connectivity index (χ2n) is 2.61. The molecule has 0 N–H and O–H groups in total. The van der Waals surface area contributed by atoms with Crippen LogP contribution in [0.3, 0.4) is 0 Å². The molecule has 0 bridgehead atoms. The molecule has 5 heteroatoms. The van der Waals surface area contributed by atoms with E-state index in [1.807, 2.05) is 0 Å². The third-order valence-corrected chi connectivity index (χ3v) is 2.76. The predicted octanol–water partition coefficient (Wildman–Crippen LogP) is 2.15. The molecule has 0 aromatic rings. The lowest BCUT2D eigenvalue weighted by molar-refractivity contribution is -0.109. The normalized spacial score (nSPS) is 23.2. The fourth-order valence-electron chi connectivity index (χ4n) is 1.22. The smallest absolute Gasteiger partial charge is 0.268 e. The molecule has 1 saturated heterocycles. The Kier molecular flexibility index (Phi) is 3.03. The van der Waals surface area contributed by atoms with Crippen LogP contribution in [0.5, 0.6) is 0 Å². The van der Waals surface area contributed by atoms with Crippen LogP contribution in [0.2, 0.25) is 12.1 Å². The molecule has 1 aliphatic rings. The van der Waals surface area contributed by atoms with Crippen molar-refractivity contribution in [3.05, 3.63) is 11.7 Å². The van der Waals surface area contributed by atoms with Crippen LogP contribution in [0.15, 0.2) is 11.7 Å². The molecule has 60 valence electrons. The van der Waals surface area contributed by atoms with Crippen molar-refractivity contribution in [2.24, 2.45) is 0 Å². The van der Waals surface area contributed by atoms with E-state index in [9.17, 15) is 13.6 Å². The van der Waals surface area contributed by atoms with Crippen molar-refractivity contribution >= 4 is 33.7 Å². The number of hydrogen-bond acceptors (Lipinski definition) is 1. The minimum Gasteiger partial charge on any atom is -0.288 e. The van der Waals surface area contributed by atoms with Gasteiger partial charge in [-0.25, -0.2) is 0 Å². The van der Waals surface area contributed by atoms with Gasteiger partial charge in [0.2, 0.25) is 0 Å². The number of carbonyl (C=O) groups is 1. The zero-order valence-corrected chi connectivity index (χ0v) is 7.90. The van der Waals surface area contributed by atoms with Gasteiger partial charge in [-0.05, 0) is 34.6 Å². The van der Waals surface area contributed by atoms with E-state index in [0.29, 0.717) is 13.6 Å². The summed E-state index contributed by atoms with van der Waals surface area (Å²) in [6, 6.07) is 0. The molecule has 1 fully saturated rings. The first-order valence-corrected chi connectivity index (χ1v) is 4.41. The third-order valence-electron chi connectivity index (χ3n) is 1.88. The summed E-state index contributed by atoms with van der Waals surface area (Å²) in [4.78, 5) is 10.7. The summed E-state index contributed by atoms with van der Waals surface area (Å²) in [6.45, 7) is 0. The van der Waals surface area contributed by atoms with E-state index >= 15 is 0 Å². The van der Waals surface area contributed by atoms with Crippen molar-refractivity contribution < 1.29 is 13.6 Å². The van der Waals surface area contributed by atoms with E-state index in [2.05, 4.69) is 0 Å². The molecular weight excluding hydrogens is 264 g/mol. The van der Waals surface area contributed by atoms with Gasteiger partial charge in [0.1, 0.15) is 7.28 Å². The Bertz CT molecular complexity index is 213. The Morgan fingerprint density at radius 2 is 2.27 bits per heavy atom. The Labute approximate surface area is 77.6 Å². The van der Waals surface area contributed by atoms with Gasteiger partial charge in [-0.1, -0.05) is 6.32 Å². The fourth-order valence-corrected chi connectivity index (χ4v) is 1.75. The molecule has 1 atom stereocenters. The van der Waals surface area contributed by atoms with Gasteiger partial charge in [-0.2, -0.15) is 8.78 Å². The standard InChI is InChI=1S/C6H6BF2IO/c8-5(9)3-1-4(6(10)11)7-2-3/h4,7H,1-2H2/t4-/m0/s1. The lowest BCUT2D eigenvalue weighted by Gasteiger charge is -1.97. The van der Waals surface area contributed by atoms with E-state index in [0.717, 1.165) is 0 Å². The second kappa shape index (κ2) is 3.64. The Balaban J connectivity index is 2.61. The van der Waals surface area contributed by atoms with E-state index < -0.39 is 6.08 Å². The number of rotatable bonds is 1. The zero-order chi connectivity index (χ0) is 8.43. The van der Waals surface area contributed by atoms with E-state index in [1.54, 1.807) is 22.6 Å². The maximum absolute atomic E-state index is 11.9. The van der Waals surface area contributed by atoms with Crippen molar-refractivity contribution in [1.29, 1.82) is 0 Å². The van der Waals surface area contributed by atoms with Gasteiger partial charge >= 0.3 is 0 Å². The lowest BCUT2D eigenvalue weighted by atomic mass is 9.68. The summed E-state index contributed by atoms with van der Waals surface area (Å²) in [5, 5.41) is 0. The van der Waals surface area contributed by atoms with E-state index in [4.69, 9.17) is 0 Å². The summed E-state index contributed by atoms with van der Waals surface area (Å²) in [6.07, 6.45) is -0.934. The first kappa shape index (κ1) is 9.16. The van der Waals surface area contributed by atoms with Crippen LogP contribution < -0.4 is 0 Å². The minimum absolute atomic E-state index is 0.00106. The highest BCUT2D eigenvalue weighted by molar-refractivity contribution is 14.1. The number of halogens is 3. The molecule has 0 radical (unpaired) electrons. The van der Waals surface area contributed by atoms with E-state index in [-0.39, 0.29) is 21.6 Å². The summed E-state index contributed by atoms with van der Waals surface area (Å²) < 4.78 is 23.9. The first-order valence-electron chi connectivity index (χ1n) is 3.33. The molecule has 0 spiro atoms. The van der Waals surface area contributed by atoms with Crippen molar-refractivity contribution in [3.8, 4) is 0 Å². The van der Waals surface area contributed by atoms with Crippen LogP contribution in [-0.4, -0.2) is 11.1 Å². The highest BCUT2D eigenvalue weighted by Gasteiger charge is 2.27. The van der Waals surface area contributed by atoms with Gasteiger partial charge in [0.25, 0.3) is 6.08 Å². The molecule has 0 saturated carbocycles. The molecule has 0 aromatic heterocycles. The topological polar surface area (TPSA) is 17.1 Å². The summed E-state index contributed by atoms with van der Waals surface area (Å²) >= 11 is 1.67.